The summed E-state index contributed by atoms with van der Waals surface area (Å²) >= 11 is 5.76. The van der Waals surface area contributed by atoms with E-state index < -0.39 is 11.4 Å². The van der Waals surface area contributed by atoms with Crippen LogP contribution in [0.25, 0.3) is 0 Å². The van der Waals surface area contributed by atoms with Gasteiger partial charge in [0.15, 0.2) is 0 Å². The molecule has 3 nitrogen and oxygen atoms in total. The summed E-state index contributed by atoms with van der Waals surface area (Å²) < 4.78 is 19.5. The lowest BCUT2D eigenvalue weighted by atomic mass is 9.92. The van der Waals surface area contributed by atoms with Crippen molar-refractivity contribution in [3.63, 3.8) is 0 Å². The van der Waals surface area contributed by atoms with Crippen molar-refractivity contribution in [1.82, 2.24) is 5.43 Å². The average Bonchev–Trinajstić information content (AvgIpc) is 2.30. The molecule has 1 aromatic carbocycles. The van der Waals surface area contributed by atoms with Gasteiger partial charge in [0.1, 0.15) is 5.82 Å². The Morgan fingerprint density at radius 3 is 2.72 bits per heavy atom. The molecule has 18 heavy (non-hydrogen) atoms. The zero-order valence-corrected chi connectivity index (χ0v) is 11.7. The molecule has 0 aromatic heterocycles. The lowest BCUT2D eigenvalue weighted by Crippen LogP contribution is -2.52. The quantitative estimate of drug-likeness (QED) is 0.619. The fourth-order valence-corrected chi connectivity index (χ4v) is 2.10. The molecular weight excluding hydrogens is 255 g/mol. The largest absolute Gasteiger partial charge is 0.374 e. The van der Waals surface area contributed by atoms with Crippen molar-refractivity contribution >= 4 is 11.6 Å². The number of nitrogens with one attached hydrogen (secondary N) is 1. The average molecular weight is 275 g/mol. The highest BCUT2D eigenvalue weighted by Gasteiger charge is 2.30. The van der Waals surface area contributed by atoms with Crippen LogP contribution in [0, 0.1) is 5.82 Å². The molecule has 0 saturated heterocycles. The minimum absolute atomic E-state index is 0.123. The fraction of sp³-hybridized carbons (Fsp3) is 0.538. The molecule has 0 heterocycles. The number of hydrogen-bond acceptors (Lipinski definition) is 3. The van der Waals surface area contributed by atoms with Gasteiger partial charge in [-0.25, -0.2) is 4.39 Å². The number of halogens is 2. The van der Waals surface area contributed by atoms with E-state index in [1.807, 2.05) is 20.8 Å². The van der Waals surface area contributed by atoms with Gasteiger partial charge in [-0.15, -0.1) is 0 Å². The van der Waals surface area contributed by atoms with E-state index >= 15 is 0 Å². The molecule has 0 spiro atoms. The van der Waals surface area contributed by atoms with Crippen molar-refractivity contribution in [2.24, 2.45) is 5.84 Å². The van der Waals surface area contributed by atoms with Gasteiger partial charge in [0, 0.05) is 6.61 Å². The lowest BCUT2D eigenvalue weighted by Gasteiger charge is -2.33. The summed E-state index contributed by atoms with van der Waals surface area (Å²) in [6.07, 6.45) is 0.413. The van der Waals surface area contributed by atoms with Crippen LogP contribution in [0.15, 0.2) is 18.2 Å². The van der Waals surface area contributed by atoms with Crippen LogP contribution < -0.4 is 11.3 Å². The first-order valence-electron chi connectivity index (χ1n) is 5.95. The molecule has 1 unspecified atom stereocenters. The van der Waals surface area contributed by atoms with E-state index in [0.29, 0.717) is 18.6 Å². The number of hydrazine groups is 1. The van der Waals surface area contributed by atoms with Gasteiger partial charge in [0.2, 0.25) is 0 Å². The van der Waals surface area contributed by atoms with Crippen LogP contribution in [0.4, 0.5) is 4.39 Å². The highest BCUT2D eigenvalue weighted by atomic mass is 35.5. The molecule has 5 heteroatoms. The van der Waals surface area contributed by atoms with E-state index in [1.54, 1.807) is 12.1 Å². The standard InChI is InChI=1S/C13H20ClFN2O/c1-4-18-13(2,3)11(17-16)8-9-6-5-7-10(14)12(9)15/h5-7,11,17H,4,8,16H2,1-3H3. The third kappa shape index (κ3) is 3.65. The SMILES string of the molecule is CCOC(C)(C)C(Cc1cccc(Cl)c1F)NN. The van der Waals surface area contributed by atoms with Crippen LogP contribution >= 0.6 is 11.6 Å². The molecule has 1 aromatic rings. The lowest BCUT2D eigenvalue weighted by molar-refractivity contribution is -0.0382. The third-order valence-corrected chi connectivity index (χ3v) is 3.30. The normalized spacial score (nSPS) is 13.7. The maximum atomic E-state index is 13.8. The van der Waals surface area contributed by atoms with E-state index in [0.717, 1.165) is 0 Å². The molecule has 0 amide bonds. The molecule has 0 aliphatic carbocycles. The van der Waals surface area contributed by atoms with Gasteiger partial charge < -0.3 is 4.74 Å². The molecule has 102 valence electrons. The second kappa shape index (κ2) is 6.48. The fourth-order valence-electron chi connectivity index (χ4n) is 1.90. The van der Waals surface area contributed by atoms with Gasteiger partial charge in [-0.2, -0.15) is 0 Å². The third-order valence-electron chi connectivity index (χ3n) is 3.01. The summed E-state index contributed by atoms with van der Waals surface area (Å²) in [6, 6.07) is 4.75. The zero-order valence-electron chi connectivity index (χ0n) is 11.0. The van der Waals surface area contributed by atoms with E-state index in [9.17, 15) is 4.39 Å². The van der Waals surface area contributed by atoms with Crippen molar-refractivity contribution < 1.29 is 9.13 Å². The Morgan fingerprint density at radius 2 is 2.17 bits per heavy atom. The number of benzene rings is 1. The van der Waals surface area contributed by atoms with Crippen molar-refractivity contribution in [3.05, 3.63) is 34.6 Å². The van der Waals surface area contributed by atoms with Gasteiger partial charge in [-0.1, -0.05) is 23.7 Å². The van der Waals surface area contributed by atoms with Crippen LogP contribution in [-0.4, -0.2) is 18.2 Å². The van der Waals surface area contributed by atoms with Crippen molar-refractivity contribution in [1.29, 1.82) is 0 Å². The summed E-state index contributed by atoms with van der Waals surface area (Å²) in [5.41, 5.74) is 2.73. The smallest absolute Gasteiger partial charge is 0.145 e. The molecule has 0 saturated carbocycles. The summed E-state index contributed by atoms with van der Waals surface area (Å²) in [5, 5.41) is 0.123. The van der Waals surface area contributed by atoms with Gasteiger partial charge in [-0.3, -0.25) is 11.3 Å². The maximum absolute atomic E-state index is 13.8. The van der Waals surface area contributed by atoms with Crippen molar-refractivity contribution in [3.8, 4) is 0 Å². The van der Waals surface area contributed by atoms with E-state index in [2.05, 4.69) is 5.43 Å². The van der Waals surface area contributed by atoms with Gasteiger partial charge in [0.25, 0.3) is 0 Å². The van der Waals surface area contributed by atoms with Crippen LogP contribution in [0.5, 0.6) is 0 Å². The summed E-state index contributed by atoms with van der Waals surface area (Å²) in [7, 11) is 0. The predicted octanol–water partition coefficient (Wildman–Crippen LogP) is 2.67. The molecule has 0 fully saturated rings. The van der Waals surface area contributed by atoms with Crippen molar-refractivity contribution in [2.45, 2.75) is 38.8 Å². The van der Waals surface area contributed by atoms with E-state index in [4.69, 9.17) is 22.2 Å². The number of rotatable bonds is 6. The van der Waals surface area contributed by atoms with E-state index in [-0.39, 0.29) is 11.1 Å². The Kier molecular flexibility index (Phi) is 5.53. The molecule has 0 aliphatic heterocycles. The highest BCUT2D eigenvalue weighted by Crippen LogP contribution is 2.23. The van der Waals surface area contributed by atoms with Gasteiger partial charge in [-0.05, 0) is 38.8 Å². The zero-order chi connectivity index (χ0) is 13.8. The predicted molar refractivity (Wildman–Crippen MR) is 71.9 cm³/mol. The first-order valence-corrected chi connectivity index (χ1v) is 6.33. The summed E-state index contributed by atoms with van der Waals surface area (Å²) in [4.78, 5) is 0. The second-order valence-electron chi connectivity index (χ2n) is 4.67. The Labute approximate surface area is 112 Å². The van der Waals surface area contributed by atoms with E-state index in [1.165, 1.54) is 6.07 Å². The number of ether oxygens (including phenoxy) is 1. The molecular formula is C13H20ClFN2O. The highest BCUT2D eigenvalue weighted by molar-refractivity contribution is 6.30. The molecule has 0 aliphatic rings. The topological polar surface area (TPSA) is 47.3 Å². The first kappa shape index (κ1) is 15.4. The molecule has 1 atom stereocenters. The van der Waals surface area contributed by atoms with Crippen LogP contribution in [0.1, 0.15) is 26.3 Å². The van der Waals surface area contributed by atoms with Crippen molar-refractivity contribution in [2.75, 3.05) is 6.61 Å². The Balaban J connectivity index is 2.89. The monoisotopic (exact) mass is 274 g/mol. The van der Waals surface area contributed by atoms with Crippen LogP contribution in [-0.2, 0) is 11.2 Å². The molecule has 0 radical (unpaired) electrons. The molecule has 3 N–H and O–H groups in total. The Bertz CT molecular complexity index is 399. The minimum Gasteiger partial charge on any atom is -0.374 e. The number of nitrogens with two attached hydrogens (primary N) is 1. The van der Waals surface area contributed by atoms with Gasteiger partial charge in [0.05, 0.1) is 16.7 Å². The molecule has 0 bridgehead atoms. The minimum atomic E-state index is -0.488. The Morgan fingerprint density at radius 1 is 1.50 bits per heavy atom. The van der Waals surface area contributed by atoms with Crippen LogP contribution in [0.2, 0.25) is 5.02 Å². The first-order chi connectivity index (χ1) is 8.42. The van der Waals surface area contributed by atoms with Crippen LogP contribution in [0.3, 0.4) is 0 Å². The number of hydrogen-bond donors (Lipinski definition) is 2. The van der Waals surface area contributed by atoms with Gasteiger partial charge >= 0.3 is 0 Å². The Hall–Kier alpha value is -0.680. The second-order valence-corrected chi connectivity index (χ2v) is 5.08. The summed E-state index contributed by atoms with van der Waals surface area (Å²) in [6.45, 7) is 6.32. The summed E-state index contributed by atoms with van der Waals surface area (Å²) in [5.74, 6) is 5.14. The molecule has 1 rings (SSSR count). The maximum Gasteiger partial charge on any atom is 0.145 e.